The summed E-state index contributed by atoms with van der Waals surface area (Å²) in [4.78, 5) is 11.6. The van der Waals surface area contributed by atoms with Crippen LogP contribution in [-0.4, -0.2) is 31.5 Å². The number of esters is 1. The van der Waals surface area contributed by atoms with Gasteiger partial charge in [0.1, 0.15) is 21.6 Å². The van der Waals surface area contributed by atoms with Gasteiger partial charge in [0.05, 0.1) is 26.3 Å². The monoisotopic (exact) mass is 418 g/mol. The summed E-state index contributed by atoms with van der Waals surface area (Å²) in [7, 11) is 2.78. The summed E-state index contributed by atoms with van der Waals surface area (Å²) in [6, 6.07) is 5.14. The zero-order chi connectivity index (χ0) is 20.3. The maximum Gasteiger partial charge on any atom is 0.311 e. The minimum Gasteiger partial charge on any atom is -0.496 e. The van der Waals surface area contributed by atoms with Crippen molar-refractivity contribution < 1.29 is 23.4 Å². The fourth-order valence-corrected chi connectivity index (χ4v) is 3.12. The van der Waals surface area contributed by atoms with Crippen molar-refractivity contribution in [1.82, 2.24) is 5.01 Å². The van der Waals surface area contributed by atoms with Crippen LogP contribution >= 0.6 is 23.2 Å². The number of allylic oxidation sites excluding steroid dienone is 1. The van der Waals surface area contributed by atoms with Crippen LogP contribution in [0.2, 0.25) is 0 Å². The average Bonchev–Trinajstić information content (AvgIpc) is 2.66. The van der Waals surface area contributed by atoms with Crippen LogP contribution in [0.1, 0.15) is 31.7 Å². The second kappa shape index (κ2) is 8.82. The van der Waals surface area contributed by atoms with Gasteiger partial charge in [-0.15, -0.1) is 0 Å². The van der Waals surface area contributed by atoms with E-state index in [-0.39, 0.29) is 33.9 Å². The molecule has 9 heteroatoms. The molecule has 1 atom stereocenters. The molecule has 0 bridgehead atoms. The quantitative estimate of drug-likeness (QED) is 0.424. The van der Waals surface area contributed by atoms with Gasteiger partial charge in [0, 0.05) is 5.56 Å². The van der Waals surface area contributed by atoms with Gasteiger partial charge in [-0.1, -0.05) is 37.0 Å². The van der Waals surface area contributed by atoms with Gasteiger partial charge in [-0.3, -0.25) is 9.80 Å². The van der Waals surface area contributed by atoms with Crippen LogP contribution in [0, 0.1) is 0 Å². The fourth-order valence-electron chi connectivity index (χ4n) is 2.53. The third-order valence-corrected chi connectivity index (χ3v) is 4.76. The lowest BCUT2D eigenvalue weighted by atomic mass is 10.0. The van der Waals surface area contributed by atoms with Crippen molar-refractivity contribution in [1.29, 1.82) is 0 Å². The molecular weight excluding hydrogens is 398 g/mol. The highest BCUT2D eigenvalue weighted by Gasteiger charge is 2.35. The molecule has 0 aliphatic carbocycles. The second-order valence-electron chi connectivity index (χ2n) is 6.09. The number of methoxy groups -OCH3 is 2. The summed E-state index contributed by atoms with van der Waals surface area (Å²) in [5.41, 5.74) is 0.905. The van der Waals surface area contributed by atoms with Gasteiger partial charge in [0.2, 0.25) is 6.30 Å². The molecule has 6 nitrogen and oxygen atoms in total. The van der Waals surface area contributed by atoms with Crippen LogP contribution in [0.15, 0.2) is 39.7 Å². The standard InChI is InChI=1S/C18H21Cl2FN2O4/c1-9(2)11-7-10(5-6-13(11)25-3)27-17-15(19)12(8-14(24)26-4)23(22)18(21)16(17)20/h5-7,9,18H,8,22H2,1-4H3. The van der Waals surface area contributed by atoms with Crippen LogP contribution in [-0.2, 0) is 9.53 Å². The zero-order valence-corrected chi connectivity index (χ0v) is 16.9. The van der Waals surface area contributed by atoms with Crippen molar-refractivity contribution >= 4 is 29.2 Å². The Balaban J connectivity index is 2.44. The molecule has 0 fully saturated rings. The molecule has 0 saturated heterocycles. The number of benzene rings is 1. The van der Waals surface area contributed by atoms with E-state index in [1.165, 1.54) is 7.11 Å². The highest BCUT2D eigenvalue weighted by molar-refractivity contribution is 6.36. The van der Waals surface area contributed by atoms with Gasteiger partial charge in [0.15, 0.2) is 5.76 Å². The number of nitrogens with zero attached hydrogens (tertiary/aromatic N) is 1. The normalized spacial score (nSPS) is 17.5. The Bertz CT molecular complexity index is 796. The molecule has 1 unspecified atom stereocenters. The third kappa shape index (κ3) is 4.48. The van der Waals surface area contributed by atoms with Crippen LogP contribution in [0.4, 0.5) is 4.39 Å². The number of hydrazine groups is 1. The highest BCUT2D eigenvalue weighted by atomic mass is 35.5. The number of ether oxygens (including phenoxy) is 3. The number of hydrogen-bond acceptors (Lipinski definition) is 6. The molecule has 1 aromatic carbocycles. The molecule has 0 radical (unpaired) electrons. The van der Waals surface area contributed by atoms with E-state index < -0.39 is 12.3 Å². The van der Waals surface area contributed by atoms with Gasteiger partial charge in [0.25, 0.3) is 0 Å². The van der Waals surface area contributed by atoms with Crippen LogP contribution in [0.3, 0.4) is 0 Å². The third-order valence-electron chi connectivity index (χ3n) is 4.02. The summed E-state index contributed by atoms with van der Waals surface area (Å²) < 4.78 is 30.2. The molecule has 148 valence electrons. The fraction of sp³-hybridized carbons (Fsp3) is 0.389. The van der Waals surface area contributed by atoms with Crippen molar-refractivity contribution in [2.75, 3.05) is 14.2 Å². The topological polar surface area (TPSA) is 74.0 Å². The van der Waals surface area contributed by atoms with E-state index in [1.54, 1.807) is 25.3 Å². The molecule has 1 heterocycles. The Morgan fingerprint density at radius 2 is 2.00 bits per heavy atom. The number of nitrogens with two attached hydrogens (primary N) is 1. The first-order valence-corrected chi connectivity index (χ1v) is 8.86. The molecule has 0 saturated carbocycles. The van der Waals surface area contributed by atoms with Crippen LogP contribution in [0.25, 0.3) is 0 Å². The predicted octanol–water partition coefficient (Wildman–Crippen LogP) is 4.15. The highest BCUT2D eigenvalue weighted by Crippen LogP contribution is 2.39. The minimum absolute atomic E-state index is 0.00742. The lowest BCUT2D eigenvalue weighted by Crippen LogP contribution is -2.42. The Labute approximate surface area is 167 Å². The number of carbonyl (C=O) groups is 1. The molecule has 1 aromatic rings. The first kappa shape index (κ1) is 21.3. The Hall–Kier alpha value is -1.96. The van der Waals surface area contributed by atoms with E-state index in [0.29, 0.717) is 16.5 Å². The smallest absolute Gasteiger partial charge is 0.311 e. The number of alkyl halides is 1. The molecule has 0 amide bonds. The van der Waals surface area contributed by atoms with Gasteiger partial charge < -0.3 is 14.2 Å². The molecule has 27 heavy (non-hydrogen) atoms. The minimum atomic E-state index is -1.91. The number of hydrogen-bond donors (Lipinski definition) is 1. The molecule has 2 N–H and O–H groups in total. The summed E-state index contributed by atoms with van der Waals surface area (Å²) in [5, 5.41) is 0.295. The molecular formula is C18H21Cl2FN2O4. The van der Waals surface area contributed by atoms with E-state index >= 15 is 0 Å². The van der Waals surface area contributed by atoms with Crippen LogP contribution in [0.5, 0.6) is 11.5 Å². The van der Waals surface area contributed by atoms with Crippen molar-refractivity contribution in [3.05, 3.63) is 45.3 Å². The first-order valence-electron chi connectivity index (χ1n) is 8.10. The molecule has 1 aliphatic heterocycles. The Kier molecular flexibility index (Phi) is 6.97. The lowest BCUT2D eigenvalue weighted by Gasteiger charge is -2.31. The van der Waals surface area contributed by atoms with Crippen molar-refractivity contribution in [3.8, 4) is 11.5 Å². The number of rotatable bonds is 6. The summed E-state index contributed by atoms with van der Waals surface area (Å²) in [6.07, 6.45) is -2.24. The Morgan fingerprint density at radius 1 is 1.33 bits per heavy atom. The van der Waals surface area contributed by atoms with Crippen molar-refractivity contribution in [2.24, 2.45) is 5.84 Å². The summed E-state index contributed by atoms with van der Waals surface area (Å²) in [5.74, 6) is 6.20. The average molecular weight is 419 g/mol. The van der Waals surface area contributed by atoms with E-state index in [4.69, 9.17) is 38.5 Å². The maximum atomic E-state index is 14.5. The van der Waals surface area contributed by atoms with E-state index in [1.807, 2.05) is 13.8 Å². The second-order valence-corrected chi connectivity index (χ2v) is 6.88. The largest absolute Gasteiger partial charge is 0.496 e. The van der Waals surface area contributed by atoms with Gasteiger partial charge in [-0.2, -0.15) is 0 Å². The summed E-state index contributed by atoms with van der Waals surface area (Å²) >= 11 is 12.4. The van der Waals surface area contributed by atoms with Crippen molar-refractivity contribution in [2.45, 2.75) is 32.5 Å². The maximum absolute atomic E-state index is 14.5. The van der Waals surface area contributed by atoms with E-state index in [2.05, 4.69) is 4.74 Å². The first-order chi connectivity index (χ1) is 12.7. The van der Waals surface area contributed by atoms with Gasteiger partial charge >= 0.3 is 5.97 Å². The zero-order valence-electron chi connectivity index (χ0n) is 15.4. The van der Waals surface area contributed by atoms with Gasteiger partial charge in [-0.25, -0.2) is 10.2 Å². The number of halogens is 3. The number of carbonyl (C=O) groups excluding carboxylic acids is 1. The SMILES string of the molecule is COC(=O)CC1=C(Cl)C(Oc2ccc(OC)c(C(C)C)c2)=C(Cl)C(F)N1N. The molecule has 0 spiro atoms. The molecule has 1 aliphatic rings. The van der Waals surface area contributed by atoms with E-state index in [9.17, 15) is 9.18 Å². The molecule has 2 rings (SSSR count). The Morgan fingerprint density at radius 3 is 2.56 bits per heavy atom. The van der Waals surface area contributed by atoms with Crippen molar-refractivity contribution in [3.63, 3.8) is 0 Å². The summed E-state index contributed by atoms with van der Waals surface area (Å²) in [6.45, 7) is 4.00. The predicted molar refractivity (Wildman–Crippen MR) is 101 cm³/mol. The lowest BCUT2D eigenvalue weighted by molar-refractivity contribution is -0.140. The van der Waals surface area contributed by atoms with Gasteiger partial charge in [-0.05, 0) is 24.1 Å². The molecule has 0 aromatic heterocycles. The van der Waals surface area contributed by atoms with Crippen LogP contribution < -0.4 is 15.3 Å². The van der Waals surface area contributed by atoms with E-state index in [0.717, 1.165) is 5.56 Å².